The number of halogens is 3. The number of hydrogen-bond acceptors (Lipinski definition) is 4. The molecule has 0 bridgehead atoms. The van der Waals surface area contributed by atoms with E-state index in [0.717, 1.165) is 11.3 Å². The van der Waals surface area contributed by atoms with Crippen molar-refractivity contribution in [1.82, 2.24) is 0 Å². The highest BCUT2D eigenvalue weighted by Gasteiger charge is 2.16. The van der Waals surface area contributed by atoms with E-state index in [4.69, 9.17) is 21.1 Å². The first kappa shape index (κ1) is 14.8. The number of anilines is 1. The first-order valence-electron chi connectivity index (χ1n) is 6.04. The molecule has 110 valence electrons. The van der Waals surface area contributed by atoms with Gasteiger partial charge >= 0.3 is 0 Å². The Hall–Kier alpha value is -1.11. The largest absolute Gasteiger partial charge is 0.506 e. The van der Waals surface area contributed by atoms with Gasteiger partial charge < -0.3 is 19.9 Å². The predicted octanol–water partition coefficient (Wildman–Crippen LogP) is 4.91. The van der Waals surface area contributed by atoms with Crippen molar-refractivity contribution in [3.63, 3.8) is 0 Å². The molecule has 1 heterocycles. The van der Waals surface area contributed by atoms with E-state index in [2.05, 4.69) is 37.2 Å². The van der Waals surface area contributed by atoms with Crippen LogP contribution in [0.1, 0.15) is 5.56 Å². The average molecular weight is 435 g/mol. The molecule has 0 saturated carbocycles. The van der Waals surface area contributed by atoms with Crippen LogP contribution in [0.5, 0.6) is 17.2 Å². The SMILES string of the molecule is Oc1c(Br)cc(CNc2cc3c(cc2Cl)OCO3)cc1Br. The van der Waals surface area contributed by atoms with Gasteiger partial charge in [0.2, 0.25) is 6.79 Å². The lowest BCUT2D eigenvalue weighted by Gasteiger charge is -2.11. The lowest BCUT2D eigenvalue weighted by molar-refractivity contribution is 0.174. The predicted molar refractivity (Wildman–Crippen MR) is 88.4 cm³/mol. The van der Waals surface area contributed by atoms with Crippen molar-refractivity contribution in [2.45, 2.75) is 6.54 Å². The Morgan fingerprint density at radius 3 is 2.38 bits per heavy atom. The molecule has 0 atom stereocenters. The van der Waals surface area contributed by atoms with E-state index < -0.39 is 0 Å². The van der Waals surface area contributed by atoms with Crippen molar-refractivity contribution in [3.8, 4) is 17.2 Å². The second kappa shape index (κ2) is 5.94. The van der Waals surface area contributed by atoms with Crippen LogP contribution >= 0.6 is 43.5 Å². The topological polar surface area (TPSA) is 50.7 Å². The van der Waals surface area contributed by atoms with Crippen molar-refractivity contribution in [2.24, 2.45) is 0 Å². The molecule has 4 nitrogen and oxygen atoms in total. The molecule has 2 aromatic rings. The normalized spacial score (nSPS) is 12.5. The fourth-order valence-electron chi connectivity index (χ4n) is 1.97. The van der Waals surface area contributed by atoms with Crippen molar-refractivity contribution >= 4 is 49.1 Å². The van der Waals surface area contributed by atoms with Crippen LogP contribution in [-0.4, -0.2) is 11.9 Å². The van der Waals surface area contributed by atoms with Crippen molar-refractivity contribution in [3.05, 3.63) is 43.8 Å². The minimum absolute atomic E-state index is 0.180. The minimum atomic E-state index is 0.180. The van der Waals surface area contributed by atoms with E-state index in [0.29, 0.717) is 32.0 Å². The average Bonchev–Trinajstić information content (AvgIpc) is 2.89. The van der Waals surface area contributed by atoms with Gasteiger partial charge in [0, 0.05) is 18.7 Å². The zero-order chi connectivity index (χ0) is 15.0. The number of phenolic OH excluding ortho intramolecular Hbond substituents is 1. The second-order valence-corrected chi connectivity index (χ2v) is 6.56. The highest BCUT2D eigenvalue weighted by molar-refractivity contribution is 9.11. The summed E-state index contributed by atoms with van der Waals surface area (Å²) in [4.78, 5) is 0. The van der Waals surface area contributed by atoms with Gasteiger partial charge in [-0.2, -0.15) is 0 Å². The molecular weight excluding hydrogens is 425 g/mol. The number of rotatable bonds is 3. The number of benzene rings is 2. The van der Waals surface area contributed by atoms with E-state index in [-0.39, 0.29) is 12.5 Å². The standard InChI is InChI=1S/C14H10Br2ClNO3/c15-8-1-7(2-9(16)14(8)19)5-18-11-4-13-12(3-10(11)17)20-6-21-13/h1-4,18-19H,5-6H2. The Morgan fingerprint density at radius 2 is 1.71 bits per heavy atom. The number of hydrogen-bond donors (Lipinski definition) is 2. The van der Waals surface area contributed by atoms with Crippen LogP contribution in [0.4, 0.5) is 5.69 Å². The van der Waals surface area contributed by atoms with E-state index in [1.807, 2.05) is 18.2 Å². The van der Waals surface area contributed by atoms with Gasteiger partial charge in [-0.15, -0.1) is 0 Å². The van der Waals surface area contributed by atoms with Crippen LogP contribution in [-0.2, 0) is 6.54 Å². The molecular formula is C14H10Br2ClNO3. The minimum Gasteiger partial charge on any atom is -0.506 e. The zero-order valence-electron chi connectivity index (χ0n) is 10.6. The second-order valence-electron chi connectivity index (χ2n) is 4.45. The van der Waals surface area contributed by atoms with Crippen LogP contribution < -0.4 is 14.8 Å². The summed E-state index contributed by atoms with van der Waals surface area (Å²) in [5.41, 5.74) is 1.75. The van der Waals surface area contributed by atoms with Crippen molar-refractivity contribution in [1.29, 1.82) is 0 Å². The van der Waals surface area contributed by atoms with Crippen LogP contribution in [0, 0.1) is 0 Å². The van der Waals surface area contributed by atoms with Crippen LogP contribution in [0.3, 0.4) is 0 Å². The molecule has 0 saturated heterocycles. The zero-order valence-corrected chi connectivity index (χ0v) is 14.5. The van der Waals surface area contributed by atoms with Gasteiger partial charge in [0.1, 0.15) is 5.75 Å². The van der Waals surface area contributed by atoms with Gasteiger partial charge in [-0.05, 0) is 49.6 Å². The van der Waals surface area contributed by atoms with Crippen LogP contribution in [0.25, 0.3) is 0 Å². The summed E-state index contributed by atoms with van der Waals surface area (Å²) < 4.78 is 11.9. The van der Waals surface area contributed by atoms with Crippen LogP contribution in [0.2, 0.25) is 5.02 Å². The van der Waals surface area contributed by atoms with E-state index in [1.54, 1.807) is 6.07 Å². The quantitative estimate of drug-likeness (QED) is 0.719. The summed E-state index contributed by atoms with van der Waals surface area (Å²) in [7, 11) is 0. The fourth-order valence-corrected chi connectivity index (χ4v) is 3.47. The highest BCUT2D eigenvalue weighted by Crippen LogP contribution is 2.39. The Bertz CT molecular complexity index is 686. The van der Waals surface area contributed by atoms with Gasteiger partial charge in [-0.25, -0.2) is 0 Å². The molecule has 1 aliphatic rings. The summed E-state index contributed by atoms with van der Waals surface area (Å²) in [6, 6.07) is 7.23. The summed E-state index contributed by atoms with van der Waals surface area (Å²) in [6.07, 6.45) is 0. The fraction of sp³-hybridized carbons (Fsp3) is 0.143. The molecule has 0 spiro atoms. The maximum atomic E-state index is 9.70. The molecule has 2 N–H and O–H groups in total. The number of ether oxygens (including phenoxy) is 2. The molecule has 0 aromatic heterocycles. The first-order chi connectivity index (χ1) is 10.0. The molecule has 3 rings (SSSR count). The molecule has 21 heavy (non-hydrogen) atoms. The molecule has 2 aromatic carbocycles. The molecule has 0 fully saturated rings. The van der Waals surface area contributed by atoms with Gasteiger partial charge in [-0.1, -0.05) is 11.6 Å². The van der Waals surface area contributed by atoms with Gasteiger partial charge in [0.05, 0.1) is 19.7 Å². The summed E-state index contributed by atoms with van der Waals surface area (Å²) in [5, 5.41) is 13.5. The number of aromatic hydroxyl groups is 1. The van der Waals surface area contributed by atoms with Crippen LogP contribution in [0.15, 0.2) is 33.2 Å². The molecule has 0 amide bonds. The highest BCUT2D eigenvalue weighted by atomic mass is 79.9. The summed E-state index contributed by atoms with van der Waals surface area (Å²) >= 11 is 12.8. The van der Waals surface area contributed by atoms with Gasteiger partial charge in [-0.3, -0.25) is 0 Å². The maximum Gasteiger partial charge on any atom is 0.231 e. The molecule has 7 heteroatoms. The molecule has 0 unspecified atom stereocenters. The van der Waals surface area contributed by atoms with E-state index in [1.165, 1.54) is 0 Å². The Balaban J connectivity index is 1.79. The monoisotopic (exact) mass is 433 g/mol. The van der Waals surface area contributed by atoms with Gasteiger partial charge in [0.15, 0.2) is 11.5 Å². The lowest BCUT2D eigenvalue weighted by atomic mass is 10.2. The Morgan fingerprint density at radius 1 is 1.10 bits per heavy atom. The third-order valence-electron chi connectivity index (χ3n) is 3.02. The number of fused-ring (bicyclic) bond motifs is 1. The van der Waals surface area contributed by atoms with E-state index in [9.17, 15) is 5.11 Å². The third kappa shape index (κ3) is 3.07. The van der Waals surface area contributed by atoms with Gasteiger partial charge in [0.25, 0.3) is 0 Å². The molecule has 0 aliphatic carbocycles. The van der Waals surface area contributed by atoms with Crippen molar-refractivity contribution < 1.29 is 14.6 Å². The third-order valence-corrected chi connectivity index (χ3v) is 4.54. The maximum absolute atomic E-state index is 9.70. The number of phenols is 1. The number of nitrogens with one attached hydrogen (secondary N) is 1. The molecule has 0 radical (unpaired) electrons. The first-order valence-corrected chi connectivity index (χ1v) is 8.01. The Kier molecular flexibility index (Phi) is 4.19. The lowest BCUT2D eigenvalue weighted by Crippen LogP contribution is -2.00. The van der Waals surface area contributed by atoms with Crippen molar-refractivity contribution in [2.75, 3.05) is 12.1 Å². The Labute approximate surface area is 143 Å². The molecule has 1 aliphatic heterocycles. The summed E-state index contributed by atoms with van der Waals surface area (Å²) in [5.74, 6) is 1.51. The van der Waals surface area contributed by atoms with E-state index >= 15 is 0 Å². The summed E-state index contributed by atoms with van der Waals surface area (Å²) in [6.45, 7) is 0.768. The smallest absolute Gasteiger partial charge is 0.231 e.